The van der Waals surface area contributed by atoms with Crippen LogP contribution in [0.3, 0.4) is 0 Å². The molecule has 1 unspecified atom stereocenters. The molecule has 16 heavy (non-hydrogen) atoms. The molecule has 2 aliphatic heterocycles. The maximum Gasteiger partial charge on any atom is 0.0960 e. The minimum Gasteiger partial charge on any atom is -0.379 e. The first-order valence-electron chi connectivity index (χ1n) is 5.58. The summed E-state index contributed by atoms with van der Waals surface area (Å²) in [6, 6.07) is 5.95. The zero-order valence-electron chi connectivity index (χ0n) is 9.10. The number of anilines is 1. The molecule has 0 amide bonds. The Labute approximate surface area is 99.9 Å². The number of nitrogens with one attached hydrogen (secondary N) is 3. The van der Waals surface area contributed by atoms with Crippen LogP contribution in [-0.2, 0) is 0 Å². The standard InChI is InChI=1S/C12H14ClN3/c1-2-11-15-10-6-14-9-4-3-7(13)5-8(9)12(10)16-11/h3-5,11,14-16H,2,6H2,1H3. The van der Waals surface area contributed by atoms with E-state index in [0.717, 1.165) is 29.2 Å². The van der Waals surface area contributed by atoms with E-state index in [1.165, 1.54) is 11.4 Å². The Balaban J connectivity index is 2.04. The van der Waals surface area contributed by atoms with Crippen molar-refractivity contribution in [2.75, 3.05) is 11.9 Å². The molecule has 1 atom stereocenters. The van der Waals surface area contributed by atoms with Gasteiger partial charge in [0.25, 0.3) is 0 Å². The van der Waals surface area contributed by atoms with Gasteiger partial charge in [-0.05, 0) is 24.6 Å². The quantitative estimate of drug-likeness (QED) is 0.700. The van der Waals surface area contributed by atoms with E-state index in [0.29, 0.717) is 6.17 Å². The lowest BCUT2D eigenvalue weighted by molar-refractivity contribution is 0.546. The summed E-state index contributed by atoms with van der Waals surface area (Å²) in [6.45, 7) is 3.02. The summed E-state index contributed by atoms with van der Waals surface area (Å²) in [5.41, 5.74) is 4.75. The van der Waals surface area contributed by atoms with Crippen molar-refractivity contribution in [3.05, 3.63) is 34.5 Å². The summed E-state index contributed by atoms with van der Waals surface area (Å²) >= 11 is 6.04. The minimum absolute atomic E-state index is 0.344. The molecule has 3 N–H and O–H groups in total. The predicted molar refractivity (Wildman–Crippen MR) is 67.2 cm³/mol. The second kappa shape index (κ2) is 3.59. The van der Waals surface area contributed by atoms with Crippen LogP contribution in [0.1, 0.15) is 18.9 Å². The van der Waals surface area contributed by atoms with Gasteiger partial charge in [0.2, 0.25) is 0 Å². The van der Waals surface area contributed by atoms with E-state index >= 15 is 0 Å². The lowest BCUT2D eigenvalue weighted by Gasteiger charge is -2.19. The number of halogens is 1. The number of fused-ring (bicyclic) bond motifs is 2. The van der Waals surface area contributed by atoms with Gasteiger partial charge in [0.1, 0.15) is 0 Å². The van der Waals surface area contributed by atoms with Crippen molar-refractivity contribution in [3.8, 4) is 0 Å². The first-order chi connectivity index (χ1) is 7.78. The summed E-state index contributed by atoms with van der Waals surface area (Å²) in [7, 11) is 0. The fraction of sp³-hybridized carbons (Fsp3) is 0.333. The van der Waals surface area contributed by atoms with Gasteiger partial charge in [-0.3, -0.25) is 0 Å². The zero-order chi connectivity index (χ0) is 11.1. The van der Waals surface area contributed by atoms with Crippen molar-refractivity contribution in [2.45, 2.75) is 19.5 Å². The van der Waals surface area contributed by atoms with E-state index < -0.39 is 0 Å². The largest absolute Gasteiger partial charge is 0.379 e. The Hall–Kier alpha value is -1.35. The highest BCUT2D eigenvalue weighted by Crippen LogP contribution is 2.33. The lowest BCUT2D eigenvalue weighted by atomic mass is 10.1. The predicted octanol–water partition coefficient (Wildman–Crippen LogP) is 2.36. The molecule has 0 spiro atoms. The number of rotatable bonds is 1. The van der Waals surface area contributed by atoms with Gasteiger partial charge in [-0.15, -0.1) is 0 Å². The highest BCUT2D eigenvalue weighted by Gasteiger charge is 2.26. The highest BCUT2D eigenvalue weighted by molar-refractivity contribution is 6.30. The average molecular weight is 236 g/mol. The minimum atomic E-state index is 0.344. The zero-order valence-corrected chi connectivity index (χ0v) is 9.86. The molecular weight excluding hydrogens is 222 g/mol. The molecule has 3 rings (SSSR count). The molecular formula is C12H14ClN3. The topological polar surface area (TPSA) is 36.1 Å². The molecule has 0 saturated carbocycles. The van der Waals surface area contributed by atoms with Gasteiger partial charge in [-0.1, -0.05) is 18.5 Å². The second-order valence-electron chi connectivity index (χ2n) is 4.15. The fourth-order valence-electron chi connectivity index (χ4n) is 2.22. The summed E-state index contributed by atoms with van der Waals surface area (Å²) in [5.74, 6) is 0. The van der Waals surface area contributed by atoms with Crippen molar-refractivity contribution in [3.63, 3.8) is 0 Å². The molecule has 1 aromatic rings. The molecule has 3 nitrogen and oxygen atoms in total. The maximum atomic E-state index is 6.04. The van der Waals surface area contributed by atoms with Crippen molar-refractivity contribution in [1.29, 1.82) is 0 Å². The van der Waals surface area contributed by atoms with Crippen LogP contribution in [0.15, 0.2) is 23.9 Å². The third-order valence-corrected chi connectivity index (χ3v) is 3.32. The molecule has 0 aliphatic carbocycles. The third-order valence-electron chi connectivity index (χ3n) is 3.08. The summed E-state index contributed by atoms with van der Waals surface area (Å²) in [5, 5.41) is 11.1. The van der Waals surface area contributed by atoms with Gasteiger partial charge in [-0.25, -0.2) is 0 Å². The Morgan fingerprint density at radius 2 is 2.25 bits per heavy atom. The molecule has 2 heterocycles. The van der Waals surface area contributed by atoms with Crippen LogP contribution in [0.5, 0.6) is 0 Å². The van der Waals surface area contributed by atoms with Gasteiger partial charge < -0.3 is 16.0 Å². The Bertz CT molecular complexity index is 467. The first-order valence-corrected chi connectivity index (χ1v) is 5.95. The Morgan fingerprint density at radius 1 is 1.38 bits per heavy atom. The second-order valence-corrected chi connectivity index (χ2v) is 4.58. The number of hydrogen-bond donors (Lipinski definition) is 3. The Morgan fingerprint density at radius 3 is 3.06 bits per heavy atom. The summed E-state index contributed by atoms with van der Waals surface area (Å²) < 4.78 is 0. The van der Waals surface area contributed by atoms with Gasteiger partial charge in [-0.2, -0.15) is 0 Å². The van der Waals surface area contributed by atoms with Crippen LogP contribution in [0.2, 0.25) is 5.02 Å². The molecule has 0 saturated heterocycles. The van der Waals surface area contributed by atoms with E-state index in [4.69, 9.17) is 11.6 Å². The van der Waals surface area contributed by atoms with Crippen LogP contribution in [0, 0.1) is 0 Å². The molecule has 0 radical (unpaired) electrons. The summed E-state index contributed by atoms with van der Waals surface area (Å²) in [6.07, 6.45) is 1.40. The fourth-order valence-corrected chi connectivity index (χ4v) is 2.40. The Kier molecular flexibility index (Phi) is 2.21. The van der Waals surface area contributed by atoms with Crippen LogP contribution in [-0.4, -0.2) is 12.7 Å². The molecule has 84 valence electrons. The normalized spacial score (nSPS) is 21.8. The molecule has 0 fully saturated rings. The molecule has 2 aliphatic rings. The van der Waals surface area contributed by atoms with Crippen molar-refractivity contribution < 1.29 is 0 Å². The van der Waals surface area contributed by atoms with Gasteiger partial charge >= 0.3 is 0 Å². The van der Waals surface area contributed by atoms with Crippen molar-refractivity contribution >= 4 is 23.0 Å². The van der Waals surface area contributed by atoms with Crippen LogP contribution in [0.4, 0.5) is 5.69 Å². The summed E-state index contributed by atoms with van der Waals surface area (Å²) in [4.78, 5) is 0. The SMILES string of the molecule is CCC1NC2=C(N1)c1cc(Cl)ccc1NC2. The monoisotopic (exact) mass is 235 g/mol. The van der Waals surface area contributed by atoms with Crippen molar-refractivity contribution in [2.24, 2.45) is 0 Å². The molecule has 0 aromatic heterocycles. The van der Waals surface area contributed by atoms with E-state index in [9.17, 15) is 0 Å². The number of benzene rings is 1. The number of hydrogen-bond acceptors (Lipinski definition) is 3. The third kappa shape index (κ3) is 1.43. The van der Waals surface area contributed by atoms with E-state index in [2.05, 4.69) is 22.9 Å². The van der Waals surface area contributed by atoms with Gasteiger partial charge in [0.05, 0.1) is 24.1 Å². The lowest BCUT2D eigenvalue weighted by Crippen LogP contribution is -2.32. The average Bonchev–Trinajstić information content (AvgIpc) is 2.72. The van der Waals surface area contributed by atoms with Crippen LogP contribution in [0.25, 0.3) is 5.70 Å². The van der Waals surface area contributed by atoms with Crippen LogP contribution >= 0.6 is 11.6 Å². The van der Waals surface area contributed by atoms with E-state index in [1.54, 1.807) is 0 Å². The van der Waals surface area contributed by atoms with Crippen LogP contribution < -0.4 is 16.0 Å². The van der Waals surface area contributed by atoms with E-state index in [1.807, 2.05) is 18.2 Å². The smallest absolute Gasteiger partial charge is 0.0960 e. The van der Waals surface area contributed by atoms with Gasteiger partial charge in [0, 0.05) is 16.3 Å². The molecule has 4 heteroatoms. The maximum absolute atomic E-state index is 6.04. The molecule has 0 bridgehead atoms. The first kappa shape index (κ1) is 9.85. The van der Waals surface area contributed by atoms with E-state index in [-0.39, 0.29) is 0 Å². The highest BCUT2D eigenvalue weighted by atomic mass is 35.5. The van der Waals surface area contributed by atoms with Crippen molar-refractivity contribution in [1.82, 2.24) is 10.6 Å². The molecule has 1 aromatic carbocycles. The van der Waals surface area contributed by atoms with Gasteiger partial charge in [0.15, 0.2) is 0 Å².